The van der Waals surface area contributed by atoms with Crippen molar-refractivity contribution in [2.45, 2.75) is 15.0 Å². The highest BCUT2D eigenvalue weighted by Crippen LogP contribution is 2.40. The number of sulfonamides is 1. The Labute approximate surface area is 203 Å². The highest BCUT2D eigenvalue weighted by Gasteiger charge is 2.26. The number of anilines is 1. The molecule has 0 fully saturated rings. The van der Waals surface area contributed by atoms with Gasteiger partial charge < -0.3 is 4.74 Å². The first-order valence-corrected chi connectivity index (χ1v) is 13.1. The van der Waals surface area contributed by atoms with Gasteiger partial charge in [0.2, 0.25) is 0 Å². The molecule has 0 aliphatic carbocycles. The lowest BCUT2D eigenvalue weighted by Gasteiger charge is -2.09. The average molecular weight is 527 g/mol. The molecule has 0 aliphatic rings. The molecule has 0 radical (unpaired) electrons. The minimum absolute atomic E-state index is 0.0479. The van der Waals surface area contributed by atoms with Crippen molar-refractivity contribution in [3.63, 3.8) is 0 Å². The van der Waals surface area contributed by atoms with E-state index in [1.165, 1.54) is 17.8 Å². The molecule has 0 spiro atoms. The average Bonchev–Trinajstić information content (AvgIpc) is 3.34. The SMILES string of the molecule is COc1ccnc(-c2c(SCc3ccccc3)n[nH]c2NS(=O)(=O)c2sc(Cl)cc2Cl)c1. The van der Waals surface area contributed by atoms with Crippen molar-refractivity contribution in [3.8, 4) is 17.0 Å². The molecule has 3 aromatic heterocycles. The van der Waals surface area contributed by atoms with Crippen LogP contribution in [0.4, 0.5) is 5.82 Å². The molecule has 12 heteroatoms. The number of halogens is 2. The Kier molecular flexibility index (Phi) is 6.96. The highest BCUT2D eigenvalue weighted by atomic mass is 35.5. The first-order valence-electron chi connectivity index (χ1n) is 9.10. The fourth-order valence-corrected chi connectivity index (χ4v) is 7.08. The third kappa shape index (κ3) is 5.05. The van der Waals surface area contributed by atoms with Gasteiger partial charge >= 0.3 is 0 Å². The van der Waals surface area contributed by atoms with Gasteiger partial charge in [-0.2, -0.15) is 5.10 Å². The molecule has 32 heavy (non-hydrogen) atoms. The van der Waals surface area contributed by atoms with E-state index in [0.717, 1.165) is 16.9 Å². The van der Waals surface area contributed by atoms with Crippen LogP contribution >= 0.6 is 46.3 Å². The Balaban J connectivity index is 1.73. The minimum atomic E-state index is -4.01. The number of aromatic amines is 1. The molecule has 166 valence electrons. The first kappa shape index (κ1) is 22.9. The van der Waals surface area contributed by atoms with Crippen LogP contribution in [0.3, 0.4) is 0 Å². The smallest absolute Gasteiger partial charge is 0.274 e. The van der Waals surface area contributed by atoms with Crippen LogP contribution < -0.4 is 9.46 Å². The second-order valence-corrected chi connectivity index (χ2v) is 11.4. The molecule has 4 rings (SSSR count). The molecular weight excluding hydrogens is 511 g/mol. The maximum absolute atomic E-state index is 13.0. The molecule has 0 saturated carbocycles. The van der Waals surface area contributed by atoms with Gasteiger partial charge in [0.15, 0.2) is 4.21 Å². The number of nitrogens with zero attached hydrogens (tertiary/aromatic N) is 2. The van der Waals surface area contributed by atoms with E-state index in [9.17, 15) is 8.42 Å². The quantitative estimate of drug-likeness (QED) is 0.275. The minimum Gasteiger partial charge on any atom is -0.497 e. The summed E-state index contributed by atoms with van der Waals surface area (Å²) in [6, 6.07) is 14.7. The van der Waals surface area contributed by atoms with Gasteiger partial charge in [0.05, 0.1) is 27.7 Å². The number of ether oxygens (including phenoxy) is 1. The third-order valence-electron chi connectivity index (χ3n) is 4.28. The zero-order valence-corrected chi connectivity index (χ0v) is 20.5. The van der Waals surface area contributed by atoms with E-state index in [0.29, 0.717) is 27.8 Å². The Morgan fingerprint density at radius 2 is 1.97 bits per heavy atom. The van der Waals surface area contributed by atoms with Crippen molar-refractivity contribution < 1.29 is 13.2 Å². The molecule has 0 aliphatic heterocycles. The Morgan fingerprint density at radius 1 is 1.19 bits per heavy atom. The van der Waals surface area contributed by atoms with Crippen LogP contribution in [-0.4, -0.2) is 30.7 Å². The first-order chi connectivity index (χ1) is 15.4. The standard InChI is InChI=1S/C20H16Cl2N4O3S3/c1-29-13-7-8-23-15(9-13)17-18(26-32(27,28)20-14(21)10-16(22)31-20)24-25-19(17)30-11-12-5-3-2-4-6-12/h2-10H,11H2,1H3,(H2,24,25,26). The predicted molar refractivity (Wildman–Crippen MR) is 130 cm³/mol. The summed E-state index contributed by atoms with van der Waals surface area (Å²) in [5, 5.41) is 7.76. The van der Waals surface area contributed by atoms with Crippen molar-refractivity contribution in [2.24, 2.45) is 0 Å². The van der Waals surface area contributed by atoms with Gasteiger partial charge in [0, 0.05) is 18.0 Å². The van der Waals surface area contributed by atoms with Crippen LogP contribution in [0.15, 0.2) is 64.0 Å². The number of nitrogens with one attached hydrogen (secondary N) is 2. The molecule has 7 nitrogen and oxygen atoms in total. The maximum Gasteiger partial charge on any atom is 0.274 e. The van der Waals surface area contributed by atoms with E-state index in [2.05, 4.69) is 19.9 Å². The fourth-order valence-electron chi connectivity index (χ4n) is 2.83. The van der Waals surface area contributed by atoms with E-state index >= 15 is 0 Å². The highest BCUT2D eigenvalue weighted by molar-refractivity contribution is 7.98. The van der Waals surface area contributed by atoms with E-state index in [-0.39, 0.29) is 19.4 Å². The molecule has 1 aromatic carbocycles. The summed E-state index contributed by atoms with van der Waals surface area (Å²) in [5.74, 6) is 1.39. The van der Waals surface area contributed by atoms with Crippen LogP contribution in [0.5, 0.6) is 5.75 Å². The largest absolute Gasteiger partial charge is 0.497 e. The van der Waals surface area contributed by atoms with E-state index < -0.39 is 10.0 Å². The summed E-state index contributed by atoms with van der Waals surface area (Å²) in [4.78, 5) is 4.40. The molecule has 0 saturated heterocycles. The molecule has 0 atom stereocenters. The van der Waals surface area contributed by atoms with Gasteiger partial charge in [-0.25, -0.2) is 8.42 Å². The lowest BCUT2D eigenvalue weighted by atomic mass is 10.2. The summed E-state index contributed by atoms with van der Waals surface area (Å²) < 4.78 is 34.0. The number of thioether (sulfide) groups is 1. The summed E-state index contributed by atoms with van der Waals surface area (Å²) in [5.41, 5.74) is 2.11. The number of hydrogen-bond acceptors (Lipinski definition) is 7. The molecule has 0 unspecified atom stereocenters. The molecule has 0 amide bonds. The lowest BCUT2D eigenvalue weighted by molar-refractivity contribution is 0.414. The fraction of sp³-hybridized carbons (Fsp3) is 0.100. The van der Waals surface area contributed by atoms with Crippen molar-refractivity contribution in [1.82, 2.24) is 15.2 Å². The van der Waals surface area contributed by atoms with Gasteiger partial charge in [0.25, 0.3) is 10.0 Å². The van der Waals surface area contributed by atoms with Crippen LogP contribution in [0.25, 0.3) is 11.3 Å². The second-order valence-electron chi connectivity index (χ2n) is 6.43. The summed E-state index contributed by atoms with van der Waals surface area (Å²) in [6.07, 6.45) is 1.58. The summed E-state index contributed by atoms with van der Waals surface area (Å²) in [6.45, 7) is 0. The van der Waals surface area contributed by atoms with Gasteiger partial charge in [-0.05, 0) is 17.7 Å². The zero-order chi connectivity index (χ0) is 22.7. The number of hydrogen-bond donors (Lipinski definition) is 2. The molecular formula is C20H16Cl2N4O3S3. The topological polar surface area (TPSA) is 97.0 Å². The number of benzene rings is 1. The van der Waals surface area contributed by atoms with E-state index in [4.69, 9.17) is 27.9 Å². The lowest BCUT2D eigenvalue weighted by Crippen LogP contribution is -2.13. The van der Waals surface area contributed by atoms with Crippen LogP contribution in [0, 0.1) is 0 Å². The number of aromatic nitrogens is 3. The van der Waals surface area contributed by atoms with Gasteiger partial charge in [0.1, 0.15) is 16.6 Å². The number of H-pyrrole nitrogens is 1. The van der Waals surface area contributed by atoms with Gasteiger partial charge in [-0.15, -0.1) is 11.3 Å². The van der Waals surface area contributed by atoms with Crippen molar-refractivity contribution >= 4 is 62.1 Å². The van der Waals surface area contributed by atoms with Crippen LogP contribution in [0.1, 0.15) is 5.56 Å². The third-order valence-corrected chi connectivity index (χ3v) is 9.00. The molecule has 4 aromatic rings. The monoisotopic (exact) mass is 526 g/mol. The zero-order valence-electron chi connectivity index (χ0n) is 16.5. The normalized spacial score (nSPS) is 11.5. The van der Waals surface area contributed by atoms with Crippen molar-refractivity contribution in [1.29, 1.82) is 0 Å². The Bertz CT molecular complexity index is 1340. The van der Waals surface area contributed by atoms with Crippen molar-refractivity contribution in [2.75, 3.05) is 11.8 Å². The number of methoxy groups -OCH3 is 1. The van der Waals surface area contributed by atoms with E-state index in [1.807, 2.05) is 30.3 Å². The van der Waals surface area contributed by atoms with Crippen LogP contribution in [-0.2, 0) is 15.8 Å². The number of pyridine rings is 1. The number of thiophene rings is 1. The molecule has 2 N–H and O–H groups in total. The van der Waals surface area contributed by atoms with Gasteiger partial charge in [-0.1, -0.05) is 65.3 Å². The number of rotatable bonds is 8. The van der Waals surface area contributed by atoms with E-state index in [1.54, 1.807) is 25.4 Å². The molecule has 0 bridgehead atoms. The van der Waals surface area contributed by atoms with Crippen LogP contribution in [0.2, 0.25) is 9.36 Å². The summed E-state index contributed by atoms with van der Waals surface area (Å²) >= 11 is 14.3. The molecule has 3 heterocycles. The maximum atomic E-state index is 13.0. The summed E-state index contributed by atoms with van der Waals surface area (Å²) in [7, 11) is -2.46. The Morgan fingerprint density at radius 3 is 2.66 bits per heavy atom. The van der Waals surface area contributed by atoms with Crippen molar-refractivity contribution in [3.05, 3.63) is 69.7 Å². The second kappa shape index (κ2) is 9.72. The predicted octanol–water partition coefficient (Wildman–Crippen LogP) is 5.94. The Hall–Kier alpha value is -2.24. The van der Waals surface area contributed by atoms with Gasteiger partial charge in [-0.3, -0.25) is 14.8 Å².